The largest absolute Gasteiger partial charge is 0.336 e. The van der Waals surface area contributed by atoms with E-state index in [9.17, 15) is 13.6 Å². The zero-order valence-electron chi connectivity index (χ0n) is 18.0. The summed E-state index contributed by atoms with van der Waals surface area (Å²) < 4.78 is 28.9. The molecule has 166 valence electrons. The molecule has 2 aromatic heterocycles. The highest BCUT2D eigenvalue weighted by molar-refractivity contribution is 6.00. The summed E-state index contributed by atoms with van der Waals surface area (Å²) >= 11 is 0. The van der Waals surface area contributed by atoms with Crippen molar-refractivity contribution in [2.75, 3.05) is 7.05 Å². The molecule has 4 fully saturated rings. The number of rotatable bonds is 4. The summed E-state index contributed by atoms with van der Waals surface area (Å²) in [5.41, 5.74) is 1.26. The Kier molecular flexibility index (Phi) is 4.39. The molecule has 4 saturated carbocycles. The Morgan fingerprint density at radius 1 is 1.09 bits per heavy atom. The highest BCUT2D eigenvalue weighted by atomic mass is 19.3. The van der Waals surface area contributed by atoms with Crippen LogP contribution in [-0.2, 0) is 0 Å². The molecule has 1 amide bonds. The Hall–Kier alpha value is -2.83. The van der Waals surface area contributed by atoms with E-state index in [1.165, 1.54) is 31.5 Å². The van der Waals surface area contributed by atoms with Crippen molar-refractivity contribution in [3.8, 4) is 11.3 Å². The van der Waals surface area contributed by atoms with E-state index in [0.717, 1.165) is 29.3 Å². The Morgan fingerprint density at radius 3 is 2.31 bits per heavy atom. The second-order valence-electron chi connectivity index (χ2n) is 10.0. The average Bonchev–Trinajstić information content (AvgIpc) is 3.21. The lowest BCUT2D eigenvalue weighted by molar-refractivity contribution is -0.0665. The number of fused-ring (bicyclic) bond motifs is 1. The number of carbonyl (C=O) groups excluding carboxylic acids is 1. The van der Waals surface area contributed by atoms with E-state index in [4.69, 9.17) is 0 Å². The second-order valence-corrected chi connectivity index (χ2v) is 10.0. The molecule has 7 heteroatoms. The maximum Gasteiger partial charge on any atom is 0.280 e. The topological polar surface area (TPSA) is 50.5 Å². The minimum absolute atomic E-state index is 0.122. The fraction of sp³-hybridized carbons (Fsp3) is 0.480. The van der Waals surface area contributed by atoms with Crippen LogP contribution in [0.1, 0.15) is 61.0 Å². The SMILES string of the molecule is CN(C(=O)c1cnn2c(C(F)F)cc(-c3ccccc3)nc12)C12CC3CC(CC(C3)C1)C2. The molecule has 3 aromatic rings. The first-order valence-electron chi connectivity index (χ1n) is 11.4. The van der Waals surface area contributed by atoms with Crippen molar-refractivity contribution in [2.45, 2.75) is 50.5 Å². The third-order valence-corrected chi connectivity index (χ3v) is 8.04. The van der Waals surface area contributed by atoms with Crippen LogP contribution >= 0.6 is 0 Å². The zero-order chi connectivity index (χ0) is 22.0. The van der Waals surface area contributed by atoms with Crippen molar-refractivity contribution >= 4 is 11.6 Å². The van der Waals surface area contributed by atoms with Crippen LogP contribution in [0.4, 0.5) is 8.78 Å². The maximum absolute atomic E-state index is 13.9. The van der Waals surface area contributed by atoms with Gasteiger partial charge in [0.1, 0.15) is 11.3 Å². The average molecular weight is 437 g/mol. The maximum atomic E-state index is 13.9. The number of hydrogen-bond donors (Lipinski definition) is 0. The quantitative estimate of drug-likeness (QED) is 0.552. The Bertz CT molecular complexity index is 1150. The standard InChI is InChI=1S/C25H26F2N4O/c1-30(25-11-15-7-16(12-25)9-17(8-15)13-25)24(32)19-14-28-31-21(22(26)27)10-20(29-23(19)31)18-5-3-2-4-6-18/h2-6,10,14-17,22H,7-9,11-13H2,1H3. The van der Waals surface area contributed by atoms with Gasteiger partial charge in [-0.1, -0.05) is 30.3 Å². The first kappa shape index (κ1) is 19.8. The van der Waals surface area contributed by atoms with Crippen LogP contribution < -0.4 is 0 Å². The number of nitrogens with zero attached hydrogens (tertiary/aromatic N) is 4. The third-order valence-electron chi connectivity index (χ3n) is 8.04. The van der Waals surface area contributed by atoms with Crippen LogP contribution in [0, 0.1) is 17.8 Å². The van der Waals surface area contributed by atoms with Gasteiger partial charge in [-0.2, -0.15) is 5.10 Å². The molecule has 32 heavy (non-hydrogen) atoms. The molecule has 0 unspecified atom stereocenters. The van der Waals surface area contributed by atoms with Gasteiger partial charge < -0.3 is 4.90 Å². The van der Waals surface area contributed by atoms with Gasteiger partial charge in [0.05, 0.1) is 11.9 Å². The Morgan fingerprint density at radius 2 is 1.72 bits per heavy atom. The van der Waals surface area contributed by atoms with Gasteiger partial charge in [0, 0.05) is 18.2 Å². The van der Waals surface area contributed by atoms with Gasteiger partial charge in [-0.15, -0.1) is 0 Å². The van der Waals surface area contributed by atoms with E-state index in [1.807, 2.05) is 42.3 Å². The van der Waals surface area contributed by atoms with E-state index in [0.29, 0.717) is 29.0 Å². The number of aromatic nitrogens is 3. The van der Waals surface area contributed by atoms with Gasteiger partial charge in [0.25, 0.3) is 12.3 Å². The summed E-state index contributed by atoms with van der Waals surface area (Å²) in [7, 11) is 1.88. The summed E-state index contributed by atoms with van der Waals surface area (Å²) in [5, 5.41) is 4.15. The first-order valence-corrected chi connectivity index (χ1v) is 11.4. The van der Waals surface area contributed by atoms with Crippen molar-refractivity contribution in [3.63, 3.8) is 0 Å². The first-order chi connectivity index (χ1) is 15.4. The van der Waals surface area contributed by atoms with Crippen molar-refractivity contribution in [1.29, 1.82) is 0 Å². The van der Waals surface area contributed by atoms with Crippen LogP contribution in [0.2, 0.25) is 0 Å². The van der Waals surface area contributed by atoms with E-state index >= 15 is 0 Å². The normalized spacial score (nSPS) is 28.6. The molecule has 1 aromatic carbocycles. The molecule has 4 aliphatic carbocycles. The fourth-order valence-electron chi connectivity index (χ4n) is 6.92. The number of carbonyl (C=O) groups is 1. The summed E-state index contributed by atoms with van der Waals surface area (Å²) in [6.07, 6.45) is 5.68. The van der Waals surface area contributed by atoms with Gasteiger partial charge in [-0.3, -0.25) is 4.79 Å². The molecular formula is C25H26F2N4O. The molecule has 0 spiro atoms. The molecule has 0 radical (unpaired) electrons. The lowest BCUT2D eigenvalue weighted by Crippen LogP contribution is -2.60. The summed E-state index contributed by atoms with van der Waals surface area (Å²) in [5.74, 6) is 1.94. The monoisotopic (exact) mass is 436 g/mol. The van der Waals surface area contributed by atoms with Crippen LogP contribution in [0.5, 0.6) is 0 Å². The minimum atomic E-state index is -2.73. The van der Waals surface area contributed by atoms with Gasteiger partial charge in [-0.25, -0.2) is 18.3 Å². The van der Waals surface area contributed by atoms with Gasteiger partial charge >= 0.3 is 0 Å². The fourth-order valence-corrected chi connectivity index (χ4v) is 6.92. The van der Waals surface area contributed by atoms with Crippen LogP contribution in [-0.4, -0.2) is 38.0 Å². The minimum Gasteiger partial charge on any atom is -0.336 e. The van der Waals surface area contributed by atoms with Gasteiger partial charge in [0.2, 0.25) is 0 Å². The molecule has 2 heterocycles. The summed E-state index contributed by atoms with van der Waals surface area (Å²) in [4.78, 5) is 20.2. The van der Waals surface area contributed by atoms with Crippen molar-refractivity contribution in [2.24, 2.45) is 17.8 Å². The van der Waals surface area contributed by atoms with Gasteiger partial charge in [-0.05, 0) is 62.3 Å². The van der Waals surface area contributed by atoms with Crippen molar-refractivity contribution < 1.29 is 13.6 Å². The zero-order valence-corrected chi connectivity index (χ0v) is 18.0. The van der Waals surface area contributed by atoms with E-state index in [1.54, 1.807) is 0 Å². The molecule has 0 aliphatic heterocycles. The number of amides is 1. The molecule has 7 rings (SSSR count). The predicted molar refractivity (Wildman–Crippen MR) is 116 cm³/mol. The summed E-state index contributed by atoms with van der Waals surface area (Å²) in [6, 6.07) is 10.6. The summed E-state index contributed by atoms with van der Waals surface area (Å²) in [6.45, 7) is 0. The molecule has 4 aliphatic rings. The molecule has 0 atom stereocenters. The predicted octanol–water partition coefficient (Wildman–Crippen LogP) is 5.37. The smallest absolute Gasteiger partial charge is 0.280 e. The molecular weight excluding hydrogens is 410 g/mol. The van der Waals surface area contributed by atoms with Crippen LogP contribution in [0.25, 0.3) is 16.9 Å². The molecule has 5 nitrogen and oxygen atoms in total. The van der Waals surface area contributed by atoms with E-state index < -0.39 is 6.43 Å². The number of hydrogen-bond acceptors (Lipinski definition) is 3. The van der Waals surface area contributed by atoms with Crippen LogP contribution in [0.3, 0.4) is 0 Å². The van der Waals surface area contributed by atoms with Crippen LogP contribution in [0.15, 0.2) is 42.6 Å². The van der Waals surface area contributed by atoms with E-state index in [2.05, 4.69) is 10.1 Å². The van der Waals surface area contributed by atoms with E-state index in [-0.39, 0.29) is 22.8 Å². The number of alkyl halides is 2. The highest BCUT2D eigenvalue weighted by Crippen LogP contribution is 2.57. The second kappa shape index (κ2) is 7.09. The lowest BCUT2D eigenvalue weighted by Gasteiger charge is -2.59. The Labute approximate surface area is 185 Å². The van der Waals surface area contributed by atoms with Crippen molar-refractivity contribution in [1.82, 2.24) is 19.5 Å². The molecule has 4 bridgehead atoms. The Balaban J connectivity index is 1.42. The van der Waals surface area contributed by atoms with Gasteiger partial charge in [0.15, 0.2) is 5.65 Å². The third kappa shape index (κ3) is 2.97. The molecule has 0 saturated heterocycles. The van der Waals surface area contributed by atoms with Crippen molar-refractivity contribution in [3.05, 3.63) is 53.9 Å². The highest BCUT2D eigenvalue weighted by Gasteiger charge is 2.54. The molecule has 0 N–H and O–H groups in total. The lowest BCUT2D eigenvalue weighted by atomic mass is 9.52. The number of halogens is 2. The number of benzene rings is 1.